The van der Waals surface area contributed by atoms with E-state index in [1.807, 2.05) is 6.20 Å². The van der Waals surface area contributed by atoms with Gasteiger partial charge in [-0.3, -0.25) is 4.98 Å². The SMILES string of the molecule is CCCCCCCCC(NC)c1ccnc2ccccc12. The van der Waals surface area contributed by atoms with Gasteiger partial charge in [0.05, 0.1) is 5.52 Å². The highest BCUT2D eigenvalue weighted by molar-refractivity contribution is 5.82. The zero-order valence-electron chi connectivity index (χ0n) is 13.4. The van der Waals surface area contributed by atoms with Gasteiger partial charge >= 0.3 is 0 Å². The van der Waals surface area contributed by atoms with Gasteiger partial charge in [0.15, 0.2) is 0 Å². The lowest BCUT2D eigenvalue weighted by Crippen LogP contribution is -2.16. The molecular formula is C19H28N2. The number of benzene rings is 1. The van der Waals surface area contributed by atoms with Crippen molar-refractivity contribution in [2.45, 2.75) is 57.9 Å². The number of aromatic nitrogens is 1. The van der Waals surface area contributed by atoms with Crippen molar-refractivity contribution < 1.29 is 0 Å². The Morgan fingerprint density at radius 3 is 2.57 bits per heavy atom. The van der Waals surface area contributed by atoms with Gasteiger partial charge in [0, 0.05) is 17.6 Å². The van der Waals surface area contributed by atoms with E-state index < -0.39 is 0 Å². The maximum Gasteiger partial charge on any atom is 0.0705 e. The molecule has 1 atom stereocenters. The molecule has 114 valence electrons. The lowest BCUT2D eigenvalue weighted by Gasteiger charge is -2.18. The molecule has 0 radical (unpaired) electrons. The smallest absolute Gasteiger partial charge is 0.0705 e. The van der Waals surface area contributed by atoms with Crippen molar-refractivity contribution in [2.24, 2.45) is 0 Å². The van der Waals surface area contributed by atoms with Gasteiger partial charge in [-0.2, -0.15) is 0 Å². The Morgan fingerprint density at radius 1 is 1.00 bits per heavy atom. The first-order valence-corrected chi connectivity index (χ1v) is 8.37. The summed E-state index contributed by atoms with van der Waals surface area (Å²) >= 11 is 0. The molecule has 2 nitrogen and oxygen atoms in total. The van der Waals surface area contributed by atoms with Crippen LogP contribution < -0.4 is 5.32 Å². The van der Waals surface area contributed by atoms with Crippen LogP contribution in [0.4, 0.5) is 0 Å². The largest absolute Gasteiger partial charge is 0.313 e. The molecule has 1 unspecified atom stereocenters. The van der Waals surface area contributed by atoms with Gasteiger partial charge in [-0.25, -0.2) is 0 Å². The van der Waals surface area contributed by atoms with Crippen molar-refractivity contribution in [2.75, 3.05) is 7.05 Å². The number of hydrogen-bond acceptors (Lipinski definition) is 2. The van der Waals surface area contributed by atoms with Crippen molar-refractivity contribution in [3.63, 3.8) is 0 Å². The zero-order chi connectivity index (χ0) is 14.9. The highest BCUT2D eigenvalue weighted by atomic mass is 14.9. The molecule has 0 spiro atoms. The van der Waals surface area contributed by atoms with E-state index >= 15 is 0 Å². The third-order valence-corrected chi connectivity index (χ3v) is 4.25. The van der Waals surface area contributed by atoms with E-state index in [2.05, 4.69) is 54.6 Å². The lowest BCUT2D eigenvalue weighted by atomic mass is 9.97. The maximum absolute atomic E-state index is 4.46. The van der Waals surface area contributed by atoms with Crippen LogP contribution in [0.1, 0.15) is 63.5 Å². The molecule has 0 aliphatic heterocycles. The topological polar surface area (TPSA) is 24.9 Å². The second-order valence-corrected chi connectivity index (χ2v) is 5.82. The number of para-hydroxylation sites is 1. The normalized spacial score (nSPS) is 12.7. The Bertz CT molecular complexity index is 531. The predicted molar refractivity (Wildman–Crippen MR) is 91.5 cm³/mol. The number of pyridine rings is 1. The van der Waals surface area contributed by atoms with Crippen molar-refractivity contribution in [3.05, 3.63) is 42.1 Å². The molecule has 21 heavy (non-hydrogen) atoms. The van der Waals surface area contributed by atoms with Gasteiger partial charge in [0.25, 0.3) is 0 Å². The van der Waals surface area contributed by atoms with Crippen LogP contribution in [0.5, 0.6) is 0 Å². The molecule has 2 rings (SSSR count). The van der Waals surface area contributed by atoms with E-state index in [4.69, 9.17) is 0 Å². The minimum Gasteiger partial charge on any atom is -0.313 e. The van der Waals surface area contributed by atoms with Crippen molar-refractivity contribution in [1.82, 2.24) is 10.3 Å². The Morgan fingerprint density at radius 2 is 1.76 bits per heavy atom. The zero-order valence-corrected chi connectivity index (χ0v) is 13.4. The molecule has 2 aromatic rings. The predicted octanol–water partition coefficient (Wildman–Crippen LogP) is 5.25. The molecule has 1 heterocycles. The van der Waals surface area contributed by atoms with Crippen LogP contribution in [0.15, 0.2) is 36.5 Å². The summed E-state index contributed by atoms with van der Waals surface area (Å²) in [5.41, 5.74) is 2.48. The fourth-order valence-corrected chi connectivity index (χ4v) is 3.01. The minimum absolute atomic E-state index is 0.434. The molecule has 1 N–H and O–H groups in total. The van der Waals surface area contributed by atoms with Crippen LogP contribution in [0.3, 0.4) is 0 Å². The summed E-state index contributed by atoms with van der Waals surface area (Å²) < 4.78 is 0. The summed E-state index contributed by atoms with van der Waals surface area (Å²) in [6.07, 6.45) is 11.2. The number of nitrogens with zero attached hydrogens (tertiary/aromatic N) is 1. The van der Waals surface area contributed by atoms with E-state index in [1.165, 1.54) is 55.9 Å². The number of fused-ring (bicyclic) bond motifs is 1. The van der Waals surface area contributed by atoms with Gasteiger partial charge in [-0.05, 0) is 31.2 Å². The Balaban J connectivity index is 1.96. The Labute approximate surface area is 129 Å². The molecule has 0 amide bonds. The van der Waals surface area contributed by atoms with Crippen LogP contribution >= 0.6 is 0 Å². The number of nitrogens with one attached hydrogen (secondary N) is 1. The molecule has 1 aromatic heterocycles. The Kier molecular flexibility index (Phi) is 6.68. The van der Waals surface area contributed by atoms with Gasteiger partial charge in [-0.1, -0.05) is 63.6 Å². The summed E-state index contributed by atoms with van der Waals surface area (Å²) in [7, 11) is 2.07. The number of unbranched alkanes of at least 4 members (excludes halogenated alkanes) is 5. The molecule has 0 saturated carbocycles. The van der Waals surface area contributed by atoms with Crippen molar-refractivity contribution in [1.29, 1.82) is 0 Å². The first-order valence-electron chi connectivity index (χ1n) is 8.37. The molecule has 2 heteroatoms. The minimum atomic E-state index is 0.434. The third-order valence-electron chi connectivity index (χ3n) is 4.25. The molecule has 0 aliphatic rings. The lowest BCUT2D eigenvalue weighted by molar-refractivity contribution is 0.500. The highest BCUT2D eigenvalue weighted by Crippen LogP contribution is 2.26. The quantitative estimate of drug-likeness (QED) is 0.636. The molecule has 1 aromatic carbocycles. The van der Waals surface area contributed by atoms with E-state index in [0.717, 1.165) is 5.52 Å². The molecule has 0 bridgehead atoms. The summed E-state index contributed by atoms with van der Waals surface area (Å²) in [4.78, 5) is 4.46. The van der Waals surface area contributed by atoms with Gasteiger partial charge < -0.3 is 5.32 Å². The van der Waals surface area contributed by atoms with E-state index in [1.54, 1.807) is 0 Å². The fraction of sp³-hybridized carbons (Fsp3) is 0.526. The van der Waals surface area contributed by atoms with Crippen molar-refractivity contribution >= 4 is 10.9 Å². The van der Waals surface area contributed by atoms with Gasteiger partial charge in [-0.15, -0.1) is 0 Å². The standard InChI is InChI=1S/C19H28N2/c1-3-4-5-6-7-8-12-18(20-2)17-14-15-21-19-13-10-9-11-16(17)19/h9-11,13-15,18,20H,3-8,12H2,1-2H3. The fourth-order valence-electron chi connectivity index (χ4n) is 3.01. The van der Waals surface area contributed by atoms with Crippen LogP contribution in [0, 0.1) is 0 Å². The van der Waals surface area contributed by atoms with Crippen LogP contribution in [-0.2, 0) is 0 Å². The second-order valence-electron chi connectivity index (χ2n) is 5.82. The molecular weight excluding hydrogens is 256 g/mol. The summed E-state index contributed by atoms with van der Waals surface area (Å²) in [5, 5.41) is 4.77. The van der Waals surface area contributed by atoms with Crippen LogP contribution in [0.25, 0.3) is 10.9 Å². The molecule has 0 aliphatic carbocycles. The highest BCUT2D eigenvalue weighted by Gasteiger charge is 2.12. The second kappa shape index (κ2) is 8.78. The average molecular weight is 284 g/mol. The monoisotopic (exact) mass is 284 g/mol. The summed E-state index contributed by atoms with van der Waals surface area (Å²) in [5.74, 6) is 0. The Hall–Kier alpha value is -1.41. The van der Waals surface area contributed by atoms with E-state index in [9.17, 15) is 0 Å². The van der Waals surface area contributed by atoms with Crippen LogP contribution in [-0.4, -0.2) is 12.0 Å². The van der Waals surface area contributed by atoms with Gasteiger partial charge in [0.2, 0.25) is 0 Å². The van der Waals surface area contributed by atoms with Gasteiger partial charge in [0.1, 0.15) is 0 Å². The van der Waals surface area contributed by atoms with Crippen molar-refractivity contribution in [3.8, 4) is 0 Å². The van der Waals surface area contributed by atoms with E-state index in [0.29, 0.717) is 6.04 Å². The summed E-state index contributed by atoms with van der Waals surface area (Å²) in [6, 6.07) is 11.0. The van der Waals surface area contributed by atoms with E-state index in [-0.39, 0.29) is 0 Å². The van der Waals surface area contributed by atoms with Crippen LogP contribution in [0.2, 0.25) is 0 Å². The molecule has 0 saturated heterocycles. The number of rotatable bonds is 9. The average Bonchev–Trinajstić information content (AvgIpc) is 2.54. The molecule has 0 fully saturated rings. The number of hydrogen-bond donors (Lipinski definition) is 1. The third kappa shape index (κ3) is 4.53. The summed E-state index contributed by atoms with van der Waals surface area (Å²) in [6.45, 7) is 2.27. The first-order chi connectivity index (χ1) is 10.4. The maximum atomic E-state index is 4.46. The first kappa shape index (κ1) is 16.0.